The zero-order valence-corrected chi connectivity index (χ0v) is 19.6. The number of piperazine rings is 1. The van der Waals surface area contributed by atoms with Crippen LogP contribution in [-0.4, -0.2) is 40.5 Å². The molecule has 0 bridgehead atoms. The summed E-state index contributed by atoms with van der Waals surface area (Å²) in [6, 6.07) is 21.5. The van der Waals surface area contributed by atoms with E-state index in [0.29, 0.717) is 5.56 Å². The van der Waals surface area contributed by atoms with E-state index in [-0.39, 0.29) is 0 Å². The molecule has 3 heterocycles. The Morgan fingerprint density at radius 2 is 1.70 bits per heavy atom. The van der Waals surface area contributed by atoms with Gasteiger partial charge in [0.2, 0.25) is 0 Å². The Morgan fingerprint density at radius 1 is 0.970 bits per heavy atom. The van der Waals surface area contributed by atoms with Crippen LogP contribution < -0.4 is 4.90 Å². The quantitative estimate of drug-likeness (QED) is 0.409. The van der Waals surface area contributed by atoms with Gasteiger partial charge in [0.15, 0.2) is 5.65 Å². The van der Waals surface area contributed by atoms with Gasteiger partial charge in [0.05, 0.1) is 16.6 Å². The maximum absolute atomic E-state index is 10.0. The van der Waals surface area contributed by atoms with Gasteiger partial charge in [-0.15, -0.1) is 0 Å². The third kappa shape index (κ3) is 3.96. The molecule has 0 saturated carbocycles. The Balaban J connectivity index is 1.57. The van der Waals surface area contributed by atoms with E-state index in [4.69, 9.17) is 4.98 Å². The number of imidazole rings is 1. The summed E-state index contributed by atoms with van der Waals surface area (Å²) in [5, 5.41) is 10.0. The lowest BCUT2D eigenvalue weighted by Gasteiger charge is -2.38. The first-order chi connectivity index (χ1) is 16.2. The number of pyridine rings is 1. The molecule has 0 spiro atoms. The highest BCUT2D eigenvalue weighted by Crippen LogP contribution is 2.34. The lowest BCUT2D eigenvalue weighted by molar-refractivity contribution is 0.249. The van der Waals surface area contributed by atoms with Crippen LogP contribution in [0.4, 0.5) is 5.82 Å². The predicted octanol–water partition coefficient (Wildman–Crippen LogP) is 5.33. The third-order valence-corrected chi connectivity index (χ3v) is 6.91. The molecule has 4 aromatic rings. The molecule has 168 valence electrons. The van der Waals surface area contributed by atoms with E-state index >= 15 is 0 Å². The second-order valence-electron chi connectivity index (χ2n) is 9.03. The number of benzene rings is 2. The molecule has 0 unspecified atom stereocenters. The van der Waals surface area contributed by atoms with E-state index in [1.807, 2.05) is 12.1 Å². The first kappa shape index (κ1) is 21.5. The number of para-hydroxylation sites is 2. The molecule has 0 aliphatic carbocycles. The molecule has 1 fully saturated rings. The molecule has 0 N–H and O–H groups in total. The van der Waals surface area contributed by atoms with Crippen LogP contribution in [0.5, 0.6) is 0 Å². The fourth-order valence-corrected chi connectivity index (χ4v) is 5.11. The van der Waals surface area contributed by atoms with Crippen LogP contribution in [0.1, 0.15) is 42.0 Å². The van der Waals surface area contributed by atoms with Gasteiger partial charge in [0, 0.05) is 32.7 Å². The van der Waals surface area contributed by atoms with E-state index in [9.17, 15) is 5.26 Å². The fraction of sp³-hybridized carbons (Fsp3) is 0.357. The number of nitrogens with zero attached hydrogens (tertiary/aromatic N) is 5. The summed E-state index contributed by atoms with van der Waals surface area (Å²) in [7, 11) is 0. The van der Waals surface area contributed by atoms with Crippen LogP contribution in [0.15, 0.2) is 54.6 Å². The van der Waals surface area contributed by atoms with Crippen LogP contribution in [0.3, 0.4) is 0 Å². The Bertz CT molecular complexity index is 1310. The van der Waals surface area contributed by atoms with Gasteiger partial charge in [0.25, 0.3) is 0 Å². The Hall–Kier alpha value is -3.36. The molecule has 0 amide bonds. The zero-order chi connectivity index (χ0) is 22.8. The van der Waals surface area contributed by atoms with E-state index in [1.165, 1.54) is 16.9 Å². The summed E-state index contributed by atoms with van der Waals surface area (Å²) in [5.41, 5.74) is 7.30. The van der Waals surface area contributed by atoms with Crippen LogP contribution in [0.2, 0.25) is 0 Å². The molecular formula is C28H31N5. The molecule has 1 saturated heterocycles. The second-order valence-corrected chi connectivity index (χ2v) is 9.03. The number of fused-ring (bicyclic) bond motifs is 3. The van der Waals surface area contributed by atoms with Crippen molar-refractivity contribution in [3.8, 4) is 6.07 Å². The van der Waals surface area contributed by atoms with Gasteiger partial charge >= 0.3 is 0 Å². The minimum absolute atomic E-state index is 0.712. The van der Waals surface area contributed by atoms with Crippen molar-refractivity contribution in [3.63, 3.8) is 0 Å². The number of anilines is 1. The normalized spacial score (nSPS) is 14.8. The predicted molar refractivity (Wildman–Crippen MR) is 135 cm³/mol. The van der Waals surface area contributed by atoms with Gasteiger partial charge in [-0.1, -0.05) is 55.8 Å². The number of hydrogen-bond acceptors (Lipinski definition) is 4. The van der Waals surface area contributed by atoms with Crippen molar-refractivity contribution in [2.75, 3.05) is 31.1 Å². The van der Waals surface area contributed by atoms with Crippen molar-refractivity contribution in [3.05, 3.63) is 76.9 Å². The number of nitriles is 1. The van der Waals surface area contributed by atoms with Crippen molar-refractivity contribution in [1.82, 2.24) is 14.3 Å². The molecule has 1 aliphatic rings. The van der Waals surface area contributed by atoms with Gasteiger partial charge in [-0.05, 0) is 48.6 Å². The Kier molecular flexibility index (Phi) is 6.02. The van der Waals surface area contributed by atoms with Crippen LogP contribution in [0.25, 0.3) is 16.7 Å². The summed E-state index contributed by atoms with van der Waals surface area (Å²) >= 11 is 0. The van der Waals surface area contributed by atoms with Gasteiger partial charge in [-0.3, -0.25) is 9.30 Å². The summed E-state index contributed by atoms with van der Waals surface area (Å²) in [6.45, 7) is 9.32. The monoisotopic (exact) mass is 437 g/mol. The Labute approximate surface area is 195 Å². The molecular weight excluding hydrogens is 406 g/mol. The third-order valence-electron chi connectivity index (χ3n) is 6.91. The van der Waals surface area contributed by atoms with Crippen molar-refractivity contribution in [2.24, 2.45) is 0 Å². The molecule has 1 aliphatic heterocycles. The van der Waals surface area contributed by atoms with E-state index < -0.39 is 0 Å². The summed E-state index contributed by atoms with van der Waals surface area (Å²) in [4.78, 5) is 9.97. The smallest absolute Gasteiger partial charge is 0.157 e. The molecule has 33 heavy (non-hydrogen) atoms. The summed E-state index contributed by atoms with van der Waals surface area (Å²) < 4.78 is 2.26. The molecule has 5 heteroatoms. The van der Waals surface area contributed by atoms with Crippen molar-refractivity contribution in [2.45, 2.75) is 39.7 Å². The summed E-state index contributed by atoms with van der Waals surface area (Å²) in [6.07, 6.45) is 3.23. The van der Waals surface area contributed by atoms with Crippen molar-refractivity contribution < 1.29 is 0 Å². The van der Waals surface area contributed by atoms with Gasteiger partial charge in [-0.25, -0.2) is 4.98 Å². The van der Waals surface area contributed by atoms with Crippen molar-refractivity contribution in [1.29, 1.82) is 5.26 Å². The number of aromatic nitrogens is 2. The Morgan fingerprint density at radius 3 is 2.42 bits per heavy atom. The highest BCUT2D eigenvalue weighted by molar-refractivity contribution is 5.86. The second kappa shape index (κ2) is 9.25. The average Bonchev–Trinajstić information content (AvgIpc) is 3.23. The van der Waals surface area contributed by atoms with Crippen LogP contribution >= 0.6 is 0 Å². The zero-order valence-electron chi connectivity index (χ0n) is 19.6. The van der Waals surface area contributed by atoms with E-state index in [2.05, 4.69) is 76.6 Å². The van der Waals surface area contributed by atoms with Gasteiger partial charge in [-0.2, -0.15) is 5.26 Å². The fourth-order valence-electron chi connectivity index (χ4n) is 5.11. The van der Waals surface area contributed by atoms with E-state index in [1.54, 1.807) is 0 Å². The molecule has 2 aromatic heterocycles. The molecule has 0 radical (unpaired) electrons. The summed E-state index contributed by atoms with van der Waals surface area (Å²) in [5.74, 6) is 1.24. The largest absolute Gasteiger partial charge is 0.355 e. The lowest BCUT2D eigenvalue weighted by Crippen LogP contribution is -2.47. The molecule has 5 nitrogen and oxygen atoms in total. The number of rotatable bonds is 6. The maximum atomic E-state index is 10.0. The number of unbranched alkanes of at least 4 members (excludes halogenated alkanes) is 1. The highest BCUT2D eigenvalue weighted by atomic mass is 15.3. The van der Waals surface area contributed by atoms with E-state index in [0.717, 1.165) is 74.2 Å². The SMILES string of the molecule is CCCCc1c(C)c(C#N)c2nc3ccccc3n2c1N1CCN(Cc2ccccc2)CC1. The minimum Gasteiger partial charge on any atom is -0.355 e. The topological polar surface area (TPSA) is 47.6 Å². The first-order valence-corrected chi connectivity index (χ1v) is 12.0. The highest BCUT2D eigenvalue weighted by Gasteiger charge is 2.26. The van der Waals surface area contributed by atoms with Crippen LogP contribution in [0, 0.1) is 18.3 Å². The maximum Gasteiger partial charge on any atom is 0.157 e. The molecule has 0 atom stereocenters. The standard InChI is InChI=1S/C28H31N5/c1-3-4-12-23-21(2)24(19-29)27-30-25-13-8-9-14-26(25)33(27)28(23)32-17-15-31(16-18-32)20-22-10-6-5-7-11-22/h5-11,13-14H,3-4,12,15-18,20H2,1-2H3. The molecule has 5 rings (SSSR count). The number of hydrogen-bond donors (Lipinski definition) is 0. The van der Waals surface area contributed by atoms with Crippen molar-refractivity contribution >= 4 is 22.5 Å². The average molecular weight is 438 g/mol. The van der Waals surface area contributed by atoms with Crippen LogP contribution in [-0.2, 0) is 13.0 Å². The van der Waals surface area contributed by atoms with Gasteiger partial charge in [0.1, 0.15) is 11.9 Å². The molecule has 2 aromatic carbocycles. The lowest BCUT2D eigenvalue weighted by atomic mass is 9.99. The first-order valence-electron chi connectivity index (χ1n) is 12.0. The minimum atomic E-state index is 0.712. The van der Waals surface area contributed by atoms with Gasteiger partial charge < -0.3 is 4.90 Å².